The van der Waals surface area contributed by atoms with Gasteiger partial charge >= 0.3 is 0 Å². The van der Waals surface area contributed by atoms with Gasteiger partial charge in [0, 0.05) is 12.3 Å². The molecule has 1 aromatic heterocycles. The monoisotopic (exact) mass is 359 g/mol. The van der Waals surface area contributed by atoms with Crippen LogP contribution in [0.2, 0.25) is 0 Å². The summed E-state index contributed by atoms with van der Waals surface area (Å²) in [5.41, 5.74) is -0.720. The van der Waals surface area contributed by atoms with Crippen LogP contribution in [0.15, 0.2) is 29.4 Å². The van der Waals surface area contributed by atoms with Crippen molar-refractivity contribution in [2.45, 2.75) is 62.8 Å². The molecule has 3 aliphatic rings. The van der Waals surface area contributed by atoms with Crippen LogP contribution in [0.1, 0.15) is 46.5 Å². The Labute approximate surface area is 153 Å². The first-order valence-corrected chi connectivity index (χ1v) is 9.87. The average Bonchev–Trinajstić information content (AvgIpc) is 3.24. The molecular formula is C19H25N3O2S. The Bertz CT molecular complexity index is 706. The molecule has 4 atom stereocenters. The Kier molecular flexibility index (Phi) is 4.06. The van der Waals surface area contributed by atoms with E-state index in [-0.39, 0.29) is 5.91 Å². The highest BCUT2D eigenvalue weighted by Gasteiger charge is 2.55. The second-order valence-corrected chi connectivity index (χ2v) is 9.45. The number of nitrogens with one attached hydrogen (secondary N) is 1. The van der Waals surface area contributed by atoms with Crippen molar-refractivity contribution in [3.8, 4) is 5.88 Å². The van der Waals surface area contributed by atoms with Crippen molar-refractivity contribution in [2.24, 2.45) is 16.8 Å². The summed E-state index contributed by atoms with van der Waals surface area (Å²) in [5.74, 6) is 2.04. The van der Waals surface area contributed by atoms with E-state index in [0.717, 1.165) is 11.1 Å². The quantitative estimate of drug-likeness (QED) is 0.895. The molecule has 0 radical (unpaired) electrons. The third-order valence-corrected chi connectivity index (χ3v) is 7.57. The summed E-state index contributed by atoms with van der Waals surface area (Å²) in [6, 6.07) is 5.92. The molecule has 4 rings (SSSR count). The molecule has 1 aliphatic heterocycles. The molecule has 1 aromatic rings. The number of aromatic nitrogens is 1. The van der Waals surface area contributed by atoms with Crippen molar-refractivity contribution in [1.82, 2.24) is 10.3 Å². The number of pyridine rings is 1. The van der Waals surface area contributed by atoms with Gasteiger partial charge in [0.25, 0.3) is 0 Å². The van der Waals surface area contributed by atoms with Gasteiger partial charge in [-0.2, -0.15) is 0 Å². The molecule has 1 N–H and O–H groups in total. The molecule has 134 valence electrons. The Morgan fingerprint density at radius 1 is 1.36 bits per heavy atom. The topological polar surface area (TPSA) is 63.6 Å². The zero-order chi connectivity index (χ0) is 17.7. The first kappa shape index (κ1) is 16.9. The van der Waals surface area contributed by atoms with E-state index >= 15 is 0 Å². The maximum absolute atomic E-state index is 12.8. The van der Waals surface area contributed by atoms with Gasteiger partial charge in [-0.25, -0.2) is 4.98 Å². The molecule has 2 heterocycles. The van der Waals surface area contributed by atoms with Gasteiger partial charge < -0.3 is 10.1 Å². The zero-order valence-corrected chi connectivity index (χ0v) is 15.8. The second-order valence-electron chi connectivity index (χ2n) is 8.05. The van der Waals surface area contributed by atoms with Gasteiger partial charge in [-0.15, -0.1) is 0 Å². The zero-order valence-electron chi connectivity index (χ0n) is 15.0. The van der Waals surface area contributed by atoms with Gasteiger partial charge in [0.15, 0.2) is 5.17 Å². The van der Waals surface area contributed by atoms with Crippen molar-refractivity contribution in [3.05, 3.63) is 24.4 Å². The van der Waals surface area contributed by atoms with Gasteiger partial charge in [0.2, 0.25) is 11.8 Å². The van der Waals surface area contributed by atoms with E-state index in [2.05, 4.69) is 10.3 Å². The third kappa shape index (κ3) is 2.94. The van der Waals surface area contributed by atoms with E-state index in [1.807, 2.05) is 39.0 Å². The highest BCUT2D eigenvalue weighted by atomic mass is 32.2. The van der Waals surface area contributed by atoms with Crippen LogP contribution >= 0.6 is 11.8 Å². The fraction of sp³-hybridized carbons (Fsp3) is 0.632. The summed E-state index contributed by atoms with van der Waals surface area (Å²) in [6.07, 6.45) is 6.82. The van der Waals surface area contributed by atoms with E-state index in [1.54, 1.807) is 6.20 Å². The number of aliphatic imine (C=N–C) groups is 1. The molecule has 5 nitrogen and oxygen atoms in total. The van der Waals surface area contributed by atoms with Gasteiger partial charge in [-0.1, -0.05) is 24.2 Å². The third-order valence-electron chi connectivity index (χ3n) is 6.08. The minimum Gasteiger partial charge on any atom is -0.470 e. The van der Waals surface area contributed by atoms with Crippen LogP contribution in [0.5, 0.6) is 5.88 Å². The standard InChI is InChI=1S/C19H25N3O2S/c1-18(2,24-15-6-4-5-9-20-15)19(3)16(23)22-17(25-19)21-14-11-12-7-8-13(14)10-12/h4-6,9,12-14H,7-8,10-11H2,1-3H3,(H,21,22,23)/t12-,13+,14+,19?/m1/s1. The molecular weight excluding hydrogens is 334 g/mol. The first-order chi connectivity index (χ1) is 11.9. The van der Waals surface area contributed by atoms with Crippen molar-refractivity contribution < 1.29 is 9.53 Å². The van der Waals surface area contributed by atoms with Crippen LogP contribution in [0.25, 0.3) is 0 Å². The molecule has 2 saturated carbocycles. The number of carbonyl (C=O) groups is 1. The number of nitrogens with zero attached hydrogens (tertiary/aromatic N) is 2. The lowest BCUT2D eigenvalue weighted by Crippen LogP contribution is -2.54. The van der Waals surface area contributed by atoms with Crippen LogP contribution in [-0.4, -0.2) is 32.4 Å². The number of hydrogen-bond donors (Lipinski definition) is 1. The summed E-state index contributed by atoms with van der Waals surface area (Å²) in [5, 5.41) is 3.75. The number of amides is 1. The lowest BCUT2D eigenvalue weighted by Gasteiger charge is -2.37. The van der Waals surface area contributed by atoms with Crippen LogP contribution in [0.3, 0.4) is 0 Å². The predicted octanol–water partition coefficient (Wildman–Crippen LogP) is 3.41. The van der Waals surface area contributed by atoms with Crippen LogP contribution < -0.4 is 10.1 Å². The van der Waals surface area contributed by atoms with E-state index in [4.69, 9.17) is 9.73 Å². The molecule has 1 saturated heterocycles. The van der Waals surface area contributed by atoms with Crippen LogP contribution in [-0.2, 0) is 4.79 Å². The first-order valence-electron chi connectivity index (χ1n) is 9.06. The van der Waals surface area contributed by atoms with Crippen molar-refractivity contribution in [2.75, 3.05) is 0 Å². The van der Waals surface area contributed by atoms with Crippen molar-refractivity contribution in [1.29, 1.82) is 0 Å². The Morgan fingerprint density at radius 2 is 2.20 bits per heavy atom. The molecule has 0 aromatic carbocycles. The number of rotatable bonds is 4. The van der Waals surface area contributed by atoms with Gasteiger partial charge in [0.1, 0.15) is 10.3 Å². The van der Waals surface area contributed by atoms with Crippen LogP contribution in [0.4, 0.5) is 0 Å². The smallest absolute Gasteiger partial charge is 0.246 e. The largest absolute Gasteiger partial charge is 0.470 e. The summed E-state index contributed by atoms with van der Waals surface area (Å²) < 4.78 is 5.33. The summed E-state index contributed by atoms with van der Waals surface area (Å²) in [7, 11) is 0. The molecule has 25 heavy (non-hydrogen) atoms. The van der Waals surface area contributed by atoms with E-state index in [0.29, 0.717) is 17.8 Å². The Balaban J connectivity index is 1.52. The maximum Gasteiger partial charge on any atom is 0.246 e. The molecule has 2 bridgehead atoms. The molecule has 1 amide bonds. The molecule has 1 unspecified atom stereocenters. The van der Waals surface area contributed by atoms with Crippen molar-refractivity contribution in [3.63, 3.8) is 0 Å². The minimum atomic E-state index is -0.749. The lowest BCUT2D eigenvalue weighted by molar-refractivity contribution is -0.125. The molecule has 2 aliphatic carbocycles. The van der Waals surface area contributed by atoms with E-state index in [1.165, 1.54) is 37.4 Å². The average molecular weight is 359 g/mol. The Hall–Kier alpha value is -1.56. The number of hydrogen-bond acceptors (Lipinski definition) is 5. The maximum atomic E-state index is 12.8. The van der Waals surface area contributed by atoms with Crippen molar-refractivity contribution >= 4 is 22.8 Å². The number of thioether (sulfide) groups is 1. The SMILES string of the molecule is CC(C)(Oc1ccccn1)C1(C)SC(=N[C@H]2C[C@@H]3CC[C@H]2C3)NC1=O. The summed E-state index contributed by atoms with van der Waals surface area (Å²) in [6.45, 7) is 5.81. The number of fused-ring (bicyclic) bond motifs is 2. The van der Waals surface area contributed by atoms with Crippen LogP contribution in [0, 0.1) is 11.8 Å². The fourth-order valence-electron chi connectivity index (χ4n) is 4.22. The number of carbonyl (C=O) groups excluding carboxylic acids is 1. The Morgan fingerprint density at radius 3 is 2.84 bits per heavy atom. The predicted molar refractivity (Wildman–Crippen MR) is 99.8 cm³/mol. The highest BCUT2D eigenvalue weighted by Crippen LogP contribution is 2.48. The highest BCUT2D eigenvalue weighted by molar-refractivity contribution is 8.16. The summed E-state index contributed by atoms with van der Waals surface area (Å²) in [4.78, 5) is 21.9. The van der Waals surface area contributed by atoms with Gasteiger partial charge in [-0.05, 0) is 57.9 Å². The lowest BCUT2D eigenvalue weighted by atomic mass is 9.90. The molecule has 3 fully saturated rings. The van der Waals surface area contributed by atoms with Gasteiger partial charge in [0.05, 0.1) is 6.04 Å². The number of ether oxygens (including phenoxy) is 1. The van der Waals surface area contributed by atoms with E-state index in [9.17, 15) is 4.79 Å². The fourth-order valence-corrected chi connectivity index (χ4v) is 5.37. The number of amidine groups is 1. The van der Waals surface area contributed by atoms with Gasteiger partial charge in [-0.3, -0.25) is 9.79 Å². The summed E-state index contributed by atoms with van der Waals surface area (Å²) >= 11 is 1.50. The molecule has 0 spiro atoms. The van der Waals surface area contributed by atoms with E-state index < -0.39 is 10.3 Å². The minimum absolute atomic E-state index is 0.0414. The second kappa shape index (κ2) is 6.01. The molecule has 6 heteroatoms. The normalized spacial score (nSPS) is 36.0.